The van der Waals surface area contributed by atoms with E-state index in [1.807, 2.05) is 0 Å². The highest BCUT2D eigenvalue weighted by molar-refractivity contribution is 8.00. The van der Waals surface area contributed by atoms with Gasteiger partial charge in [-0.05, 0) is 41.6 Å². The van der Waals surface area contributed by atoms with Crippen LogP contribution >= 0.6 is 11.8 Å². The molecule has 1 aromatic heterocycles. The molecule has 0 aliphatic rings. The standard InChI is InChI=1S/C12H13F2N5O2S/c1-7(22-12-16-17-18-19(12)2)10(20)15-8-3-5-9(6-4-8)21-11(13)14/h3-7,11H,1-2H3,(H,15,20). The van der Waals surface area contributed by atoms with Gasteiger partial charge in [-0.25, -0.2) is 4.68 Å². The van der Waals surface area contributed by atoms with Gasteiger partial charge in [-0.2, -0.15) is 8.78 Å². The van der Waals surface area contributed by atoms with Crippen molar-refractivity contribution in [1.29, 1.82) is 0 Å². The molecule has 22 heavy (non-hydrogen) atoms. The van der Waals surface area contributed by atoms with E-state index in [0.717, 1.165) is 0 Å². The Balaban J connectivity index is 1.92. The van der Waals surface area contributed by atoms with Crippen molar-refractivity contribution in [1.82, 2.24) is 20.2 Å². The number of alkyl halides is 2. The molecule has 1 aromatic carbocycles. The van der Waals surface area contributed by atoms with Gasteiger partial charge in [-0.1, -0.05) is 11.8 Å². The minimum Gasteiger partial charge on any atom is -0.435 e. The molecule has 1 N–H and O–H groups in total. The predicted molar refractivity (Wildman–Crippen MR) is 75.8 cm³/mol. The second-order valence-electron chi connectivity index (χ2n) is 4.24. The molecule has 1 heterocycles. The number of aryl methyl sites for hydroxylation is 1. The quantitative estimate of drug-likeness (QED) is 0.816. The van der Waals surface area contributed by atoms with E-state index in [0.29, 0.717) is 10.8 Å². The summed E-state index contributed by atoms with van der Waals surface area (Å²) in [6, 6.07) is 5.67. The minimum absolute atomic E-state index is 0.0283. The third kappa shape index (κ3) is 4.38. The van der Waals surface area contributed by atoms with Crippen LogP contribution in [0, 0.1) is 0 Å². The number of carbonyl (C=O) groups is 1. The number of ether oxygens (including phenoxy) is 1. The number of nitrogens with zero attached hydrogens (tertiary/aromatic N) is 4. The number of tetrazole rings is 1. The van der Waals surface area contributed by atoms with E-state index in [1.165, 1.54) is 40.7 Å². The van der Waals surface area contributed by atoms with Crippen molar-refractivity contribution in [3.8, 4) is 5.75 Å². The molecule has 0 bridgehead atoms. The maximum absolute atomic E-state index is 12.1. The van der Waals surface area contributed by atoms with Crippen molar-refractivity contribution in [2.24, 2.45) is 7.05 Å². The van der Waals surface area contributed by atoms with Crippen LogP contribution < -0.4 is 10.1 Å². The summed E-state index contributed by atoms with van der Waals surface area (Å²) in [5.41, 5.74) is 0.482. The zero-order chi connectivity index (χ0) is 16.1. The number of carbonyl (C=O) groups excluding carboxylic acids is 1. The number of halogens is 2. The number of amides is 1. The smallest absolute Gasteiger partial charge is 0.387 e. The lowest BCUT2D eigenvalue weighted by atomic mass is 10.3. The third-order valence-corrected chi connectivity index (χ3v) is 3.70. The Morgan fingerprint density at radius 1 is 1.36 bits per heavy atom. The molecular weight excluding hydrogens is 316 g/mol. The largest absolute Gasteiger partial charge is 0.435 e. The second kappa shape index (κ2) is 7.16. The molecule has 7 nitrogen and oxygen atoms in total. The van der Waals surface area contributed by atoms with Crippen molar-refractivity contribution in [2.75, 3.05) is 5.32 Å². The highest BCUT2D eigenvalue weighted by atomic mass is 32.2. The monoisotopic (exact) mass is 329 g/mol. The lowest BCUT2D eigenvalue weighted by Gasteiger charge is -2.11. The van der Waals surface area contributed by atoms with Crippen LogP contribution in [0.1, 0.15) is 6.92 Å². The summed E-state index contributed by atoms with van der Waals surface area (Å²) >= 11 is 1.21. The van der Waals surface area contributed by atoms with Crippen LogP contribution in [0.3, 0.4) is 0 Å². The zero-order valence-electron chi connectivity index (χ0n) is 11.7. The first-order chi connectivity index (χ1) is 10.5. The molecule has 2 rings (SSSR count). The number of thioether (sulfide) groups is 1. The van der Waals surface area contributed by atoms with E-state index in [9.17, 15) is 13.6 Å². The molecule has 1 atom stereocenters. The van der Waals surface area contributed by atoms with Gasteiger partial charge in [0.05, 0.1) is 5.25 Å². The highest BCUT2D eigenvalue weighted by Crippen LogP contribution is 2.22. The number of aromatic nitrogens is 4. The molecule has 0 saturated carbocycles. The fraction of sp³-hybridized carbons (Fsp3) is 0.333. The van der Waals surface area contributed by atoms with Gasteiger partial charge in [-0.3, -0.25) is 4.79 Å². The van der Waals surface area contributed by atoms with Gasteiger partial charge >= 0.3 is 6.61 Å². The van der Waals surface area contributed by atoms with Crippen LogP contribution in [0.25, 0.3) is 0 Å². The molecule has 1 unspecified atom stereocenters. The summed E-state index contributed by atoms with van der Waals surface area (Å²) < 4.78 is 29.8. The van der Waals surface area contributed by atoms with Gasteiger partial charge in [-0.15, -0.1) is 5.10 Å². The number of anilines is 1. The van der Waals surface area contributed by atoms with Crippen molar-refractivity contribution < 1.29 is 18.3 Å². The number of hydrogen-bond acceptors (Lipinski definition) is 6. The molecule has 0 aliphatic carbocycles. The van der Waals surface area contributed by atoms with Gasteiger partial charge in [0.1, 0.15) is 5.75 Å². The van der Waals surface area contributed by atoms with Crippen LogP contribution in [0.4, 0.5) is 14.5 Å². The van der Waals surface area contributed by atoms with Crippen molar-refractivity contribution in [2.45, 2.75) is 23.9 Å². The van der Waals surface area contributed by atoms with Gasteiger partial charge in [0.15, 0.2) is 0 Å². The summed E-state index contributed by atoms with van der Waals surface area (Å²) in [5.74, 6) is -0.226. The Morgan fingerprint density at radius 2 is 2.05 bits per heavy atom. The molecule has 118 valence electrons. The average Bonchev–Trinajstić information content (AvgIpc) is 2.86. The van der Waals surface area contributed by atoms with E-state index in [2.05, 4.69) is 25.6 Å². The number of benzene rings is 1. The summed E-state index contributed by atoms with van der Waals surface area (Å²) in [6.07, 6.45) is 0. The van der Waals surface area contributed by atoms with Crippen molar-refractivity contribution in [3.63, 3.8) is 0 Å². The third-order valence-electron chi connectivity index (χ3n) is 2.58. The Morgan fingerprint density at radius 3 is 2.59 bits per heavy atom. The molecular formula is C12H13F2N5O2S. The normalized spacial score (nSPS) is 12.2. The second-order valence-corrected chi connectivity index (χ2v) is 5.55. The lowest BCUT2D eigenvalue weighted by Crippen LogP contribution is -2.22. The topological polar surface area (TPSA) is 81.9 Å². The Kier molecular flexibility index (Phi) is 5.26. The molecule has 10 heteroatoms. The first-order valence-electron chi connectivity index (χ1n) is 6.20. The van der Waals surface area contributed by atoms with Crippen LogP contribution in [0.15, 0.2) is 29.4 Å². The lowest BCUT2D eigenvalue weighted by molar-refractivity contribution is -0.115. The summed E-state index contributed by atoms with van der Waals surface area (Å²) in [5, 5.41) is 13.7. The van der Waals surface area contributed by atoms with E-state index in [1.54, 1.807) is 14.0 Å². The van der Waals surface area contributed by atoms with Crippen molar-refractivity contribution >= 4 is 23.4 Å². The Bertz CT molecular complexity index is 635. The Hall–Kier alpha value is -2.23. The maximum Gasteiger partial charge on any atom is 0.387 e. The molecule has 0 spiro atoms. The Labute approximate surface area is 129 Å². The average molecular weight is 329 g/mol. The summed E-state index contributed by atoms with van der Waals surface area (Å²) in [6.45, 7) is -1.17. The number of rotatable bonds is 6. The summed E-state index contributed by atoms with van der Waals surface area (Å²) in [7, 11) is 1.68. The first-order valence-corrected chi connectivity index (χ1v) is 7.08. The van der Waals surface area contributed by atoms with Gasteiger partial charge < -0.3 is 10.1 Å². The molecule has 0 saturated heterocycles. The summed E-state index contributed by atoms with van der Waals surface area (Å²) in [4.78, 5) is 12.1. The van der Waals surface area contributed by atoms with E-state index in [4.69, 9.17) is 0 Å². The highest BCUT2D eigenvalue weighted by Gasteiger charge is 2.17. The van der Waals surface area contributed by atoms with Crippen LogP contribution in [0.2, 0.25) is 0 Å². The van der Waals surface area contributed by atoms with Crippen LogP contribution in [-0.2, 0) is 11.8 Å². The number of hydrogen-bond donors (Lipinski definition) is 1. The first kappa shape index (κ1) is 16.1. The van der Waals surface area contributed by atoms with Gasteiger partial charge in [0.25, 0.3) is 0 Å². The minimum atomic E-state index is -2.88. The van der Waals surface area contributed by atoms with Gasteiger partial charge in [0.2, 0.25) is 11.1 Å². The zero-order valence-corrected chi connectivity index (χ0v) is 12.6. The van der Waals surface area contributed by atoms with Crippen LogP contribution in [0.5, 0.6) is 5.75 Å². The SMILES string of the molecule is CC(Sc1nnnn1C)C(=O)Nc1ccc(OC(F)F)cc1. The fourth-order valence-corrected chi connectivity index (χ4v) is 2.25. The number of nitrogens with one attached hydrogen (secondary N) is 1. The molecule has 0 radical (unpaired) electrons. The molecule has 2 aromatic rings. The maximum atomic E-state index is 12.1. The van der Waals surface area contributed by atoms with Gasteiger partial charge in [0, 0.05) is 12.7 Å². The van der Waals surface area contributed by atoms with Crippen LogP contribution in [-0.4, -0.2) is 38.0 Å². The molecule has 1 amide bonds. The van der Waals surface area contributed by atoms with Crippen molar-refractivity contribution in [3.05, 3.63) is 24.3 Å². The van der Waals surface area contributed by atoms with E-state index < -0.39 is 11.9 Å². The molecule has 0 aliphatic heterocycles. The van der Waals surface area contributed by atoms with E-state index >= 15 is 0 Å². The fourth-order valence-electron chi connectivity index (χ4n) is 1.50. The van der Waals surface area contributed by atoms with E-state index in [-0.39, 0.29) is 11.7 Å². The molecule has 0 fully saturated rings. The predicted octanol–water partition coefficient (Wildman–Crippen LogP) is 1.93.